The Morgan fingerprint density at radius 1 is 1.31 bits per heavy atom. The van der Waals surface area contributed by atoms with Gasteiger partial charge >= 0.3 is 0 Å². The van der Waals surface area contributed by atoms with Crippen molar-refractivity contribution < 1.29 is 0 Å². The minimum atomic E-state index is 0.701. The Kier molecular flexibility index (Phi) is 2.51. The lowest BCUT2D eigenvalue weighted by Crippen LogP contribution is -2.37. The number of aryl methyl sites for hydroxylation is 1. The number of hydrogen-bond donors (Lipinski definition) is 1. The van der Waals surface area contributed by atoms with E-state index in [1.54, 1.807) is 0 Å². The second-order valence-electron chi connectivity index (χ2n) is 5.41. The monoisotopic (exact) mass is 219 g/mol. The van der Waals surface area contributed by atoms with Gasteiger partial charge in [-0.1, -0.05) is 0 Å². The molecule has 2 unspecified atom stereocenters. The van der Waals surface area contributed by atoms with Gasteiger partial charge in [0.2, 0.25) is 0 Å². The molecule has 88 valence electrons. The fraction of sp³-hybridized carbons (Fsp3) is 0.769. The topological polar surface area (TPSA) is 29.9 Å². The summed E-state index contributed by atoms with van der Waals surface area (Å²) >= 11 is 0. The lowest BCUT2D eigenvalue weighted by atomic mass is 9.79. The summed E-state index contributed by atoms with van der Waals surface area (Å²) in [5, 5.41) is 3.65. The largest absolute Gasteiger partial charge is 0.331 e. The van der Waals surface area contributed by atoms with Crippen LogP contribution in [0.2, 0.25) is 0 Å². The van der Waals surface area contributed by atoms with Crippen molar-refractivity contribution in [3.05, 3.63) is 17.7 Å². The fourth-order valence-electron chi connectivity index (χ4n) is 2.61. The predicted octanol–water partition coefficient (Wildman–Crippen LogP) is 2.20. The Morgan fingerprint density at radius 2 is 2.12 bits per heavy atom. The summed E-state index contributed by atoms with van der Waals surface area (Å²) in [6.07, 6.45) is 7.51. The average Bonchev–Trinajstić information content (AvgIpc) is 3.00. The molecular weight excluding hydrogens is 198 g/mol. The van der Waals surface area contributed by atoms with Crippen LogP contribution in [0, 0.1) is 19.8 Å². The minimum absolute atomic E-state index is 0.701. The third-order valence-electron chi connectivity index (χ3n) is 4.27. The summed E-state index contributed by atoms with van der Waals surface area (Å²) in [5.74, 6) is 0.827. The van der Waals surface area contributed by atoms with Gasteiger partial charge < -0.3 is 9.88 Å². The van der Waals surface area contributed by atoms with Crippen LogP contribution in [0.15, 0.2) is 6.33 Å². The number of nitrogens with one attached hydrogen (secondary N) is 1. The normalized spacial score (nSPS) is 29.1. The molecular formula is C13H21N3. The molecule has 1 aromatic rings. The molecule has 0 aromatic carbocycles. The van der Waals surface area contributed by atoms with Crippen molar-refractivity contribution in [1.29, 1.82) is 0 Å². The molecule has 3 rings (SSSR count). The first-order valence-corrected chi connectivity index (χ1v) is 6.49. The molecule has 3 heteroatoms. The molecule has 2 fully saturated rings. The summed E-state index contributed by atoms with van der Waals surface area (Å²) in [7, 11) is 0. The van der Waals surface area contributed by atoms with Crippen LogP contribution in [0.5, 0.6) is 0 Å². The molecule has 2 saturated carbocycles. The molecule has 2 aliphatic carbocycles. The van der Waals surface area contributed by atoms with Gasteiger partial charge in [-0.15, -0.1) is 0 Å². The van der Waals surface area contributed by atoms with Crippen LogP contribution >= 0.6 is 0 Å². The summed E-state index contributed by atoms with van der Waals surface area (Å²) in [5.41, 5.74) is 2.53. The molecule has 1 heterocycles. The van der Waals surface area contributed by atoms with Gasteiger partial charge in [0.1, 0.15) is 0 Å². The standard InChI is InChI=1S/C13H21N3/c1-9-10(2)16(8-15-9)13-6-3-11(13)7-14-12-4-5-12/h8,11-14H,3-7H2,1-2H3. The average molecular weight is 219 g/mol. The van der Waals surface area contributed by atoms with Crippen molar-refractivity contribution in [2.45, 2.75) is 51.6 Å². The van der Waals surface area contributed by atoms with Crippen LogP contribution < -0.4 is 5.32 Å². The Morgan fingerprint density at radius 3 is 2.62 bits per heavy atom. The molecule has 0 amide bonds. The van der Waals surface area contributed by atoms with Crippen molar-refractivity contribution in [3.63, 3.8) is 0 Å². The van der Waals surface area contributed by atoms with Crippen LogP contribution in [0.3, 0.4) is 0 Å². The van der Waals surface area contributed by atoms with E-state index in [1.165, 1.54) is 43.6 Å². The van der Waals surface area contributed by atoms with E-state index in [-0.39, 0.29) is 0 Å². The van der Waals surface area contributed by atoms with E-state index < -0.39 is 0 Å². The lowest BCUT2D eigenvalue weighted by Gasteiger charge is -2.38. The number of nitrogens with zero attached hydrogens (tertiary/aromatic N) is 2. The highest BCUT2D eigenvalue weighted by molar-refractivity contribution is 5.11. The quantitative estimate of drug-likeness (QED) is 0.841. The first-order chi connectivity index (χ1) is 7.75. The first-order valence-electron chi connectivity index (χ1n) is 6.49. The molecule has 0 radical (unpaired) electrons. The molecule has 0 aliphatic heterocycles. The molecule has 16 heavy (non-hydrogen) atoms. The van der Waals surface area contributed by atoms with E-state index in [0.29, 0.717) is 6.04 Å². The Labute approximate surface area is 97.3 Å². The van der Waals surface area contributed by atoms with E-state index in [9.17, 15) is 0 Å². The van der Waals surface area contributed by atoms with Gasteiger partial charge in [0.25, 0.3) is 0 Å². The zero-order valence-corrected chi connectivity index (χ0v) is 10.2. The highest BCUT2D eigenvalue weighted by Gasteiger charge is 2.34. The second-order valence-corrected chi connectivity index (χ2v) is 5.41. The third-order valence-corrected chi connectivity index (χ3v) is 4.27. The highest BCUT2D eigenvalue weighted by Crippen LogP contribution is 2.39. The van der Waals surface area contributed by atoms with Crippen LogP contribution in [-0.2, 0) is 0 Å². The van der Waals surface area contributed by atoms with Gasteiger partial charge in [-0.3, -0.25) is 0 Å². The minimum Gasteiger partial charge on any atom is -0.331 e. The van der Waals surface area contributed by atoms with Crippen molar-refractivity contribution in [3.8, 4) is 0 Å². The lowest BCUT2D eigenvalue weighted by molar-refractivity contribution is 0.174. The van der Waals surface area contributed by atoms with Gasteiger partial charge in [0, 0.05) is 24.3 Å². The van der Waals surface area contributed by atoms with E-state index in [4.69, 9.17) is 0 Å². The van der Waals surface area contributed by atoms with Gasteiger partial charge in [-0.05, 0) is 45.4 Å². The molecule has 1 aromatic heterocycles. The van der Waals surface area contributed by atoms with Crippen molar-refractivity contribution in [1.82, 2.24) is 14.9 Å². The van der Waals surface area contributed by atoms with Gasteiger partial charge in [0.15, 0.2) is 0 Å². The molecule has 0 spiro atoms. The van der Waals surface area contributed by atoms with Gasteiger partial charge in [-0.2, -0.15) is 0 Å². The third kappa shape index (κ3) is 1.77. The van der Waals surface area contributed by atoms with Crippen molar-refractivity contribution in [2.75, 3.05) is 6.54 Å². The summed E-state index contributed by atoms with van der Waals surface area (Å²) < 4.78 is 2.39. The maximum atomic E-state index is 4.40. The number of hydrogen-bond acceptors (Lipinski definition) is 2. The zero-order chi connectivity index (χ0) is 11.1. The van der Waals surface area contributed by atoms with Gasteiger partial charge in [0.05, 0.1) is 12.0 Å². The zero-order valence-electron chi connectivity index (χ0n) is 10.2. The second kappa shape index (κ2) is 3.88. The number of aromatic nitrogens is 2. The molecule has 0 bridgehead atoms. The molecule has 0 saturated heterocycles. The maximum Gasteiger partial charge on any atom is 0.0954 e. The van der Waals surface area contributed by atoms with Crippen molar-refractivity contribution in [2.24, 2.45) is 5.92 Å². The van der Waals surface area contributed by atoms with Crippen LogP contribution in [-0.4, -0.2) is 22.1 Å². The van der Waals surface area contributed by atoms with E-state index in [2.05, 4.69) is 28.7 Å². The highest BCUT2D eigenvalue weighted by atomic mass is 15.1. The smallest absolute Gasteiger partial charge is 0.0954 e. The van der Waals surface area contributed by atoms with E-state index in [0.717, 1.165) is 12.0 Å². The maximum absolute atomic E-state index is 4.40. The number of imidazole rings is 1. The van der Waals surface area contributed by atoms with Crippen LogP contribution in [0.4, 0.5) is 0 Å². The Balaban J connectivity index is 1.63. The van der Waals surface area contributed by atoms with Crippen molar-refractivity contribution >= 4 is 0 Å². The SMILES string of the molecule is Cc1ncn(C2CCC2CNC2CC2)c1C. The van der Waals surface area contributed by atoms with E-state index >= 15 is 0 Å². The van der Waals surface area contributed by atoms with Crippen LogP contribution in [0.1, 0.15) is 43.1 Å². The molecule has 2 atom stereocenters. The van der Waals surface area contributed by atoms with Gasteiger partial charge in [-0.25, -0.2) is 4.98 Å². The summed E-state index contributed by atoms with van der Waals surface area (Å²) in [6, 6.07) is 1.54. The van der Waals surface area contributed by atoms with Crippen LogP contribution in [0.25, 0.3) is 0 Å². The Bertz CT molecular complexity index is 379. The predicted molar refractivity (Wildman–Crippen MR) is 64.5 cm³/mol. The first kappa shape index (κ1) is 10.3. The number of rotatable bonds is 4. The van der Waals surface area contributed by atoms with E-state index in [1.807, 2.05) is 6.33 Å². The molecule has 2 aliphatic rings. The summed E-state index contributed by atoms with van der Waals surface area (Å²) in [6.45, 7) is 5.49. The fourth-order valence-corrected chi connectivity index (χ4v) is 2.61. The molecule has 3 nitrogen and oxygen atoms in total. The molecule has 1 N–H and O–H groups in total. The Hall–Kier alpha value is -0.830. The summed E-state index contributed by atoms with van der Waals surface area (Å²) in [4.78, 5) is 4.40.